The first-order valence-electron chi connectivity index (χ1n) is 6.13. The standard InChI is InChI=1S/C15H20N2O/c1-9-6-11(15(3,4)5)7-10(2)13(9)12-8-17-18-14(12)16/h6-8H,16H2,1-5H3. The number of aryl methyl sites for hydroxylation is 2. The third-order valence-electron chi connectivity index (χ3n) is 3.27. The van der Waals surface area contributed by atoms with E-state index in [1.165, 1.54) is 16.7 Å². The minimum atomic E-state index is 0.147. The molecule has 0 atom stereocenters. The van der Waals surface area contributed by atoms with E-state index in [0.29, 0.717) is 5.88 Å². The van der Waals surface area contributed by atoms with Gasteiger partial charge in [-0.15, -0.1) is 0 Å². The maximum absolute atomic E-state index is 5.81. The SMILES string of the molecule is Cc1cc(C(C)(C)C)cc(C)c1-c1cnoc1N. The molecule has 0 saturated carbocycles. The molecule has 0 amide bonds. The monoisotopic (exact) mass is 244 g/mol. The number of benzene rings is 1. The Hall–Kier alpha value is -1.77. The van der Waals surface area contributed by atoms with Crippen LogP contribution in [0, 0.1) is 13.8 Å². The number of hydrogen-bond donors (Lipinski definition) is 1. The smallest absolute Gasteiger partial charge is 0.229 e. The topological polar surface area (TPSA) is 52.0 Å². The van der Waals surface area contributed by atoms with E-state index in [0.717, 1.165) is 11.1 Å². The van der Waals surface area contributed by atoms with E-state index in [1.807, 2.05) is 0 Å². The molecule has 1 aromatic carbocycles. The van der Waals surface area contributed by atoms with E-state index in [9.17, 15) is 0 Å². The first kappa shape index (κ1) is 12.7. The van der Waals surface area contributed by atoms with Crippen molar-refractivity contribution in [2.45, 2.75) is 40.0 Å². The maximum atomic E-state index is 5.81. The van der Waals surface area contributed by atoms with Crippen LogP contribution in [0.5, 0.6) is 0 Å². The highest BCUT2D eigenvalue weighted by Crippen LogP contribution is 2.35. The number of rotatable bonds is 1. The molecule has 2 N–H and O–H groups in total. The van der Waals surface area contributed by atoms with Gasteiger partial charge in [0.05, 0.1) is 11.8 Å². The fraction of sp³-hybridized carbons (Fsp3) is 0.400. The molecule has 3 heteroatoms. The lowest BCUT2D eigenvalue weighted by Gasteiger charge is -2.22. The van der Waals surface area contributed by atoms with Crippen LogP contribution in [-0.2, 0) is 5.41 Å². The van der Waals surface area contributed by atoms with Crippen LogP contribution in [0.2, 0.25) is 0 Å². The van der Waals surface area contributed by atoms with Gasteiger partial charge in [-0.2, -0.15) is 0 Å². The van der Waals surface area contributed by atoms with E-state index < -0.39 is 0 Å². The Morgan fingerprint density at radius 1 is 1.11 bits per heavy atom. The Morgan fingerprint density at radius 2 is 1.67 bits per heavy atom. The van der Waals surface area contributed by atoms with Crippen LogP contribution in [-0.4, -0.2) is 5.16 Å². The van der Waals surface area contributed by atoms with Gasteiger partial charge in [0.25, 0.3) is 0 Å². The number of nitrogens with two attached hydrogens (primary N) is 1. The molecule has 2 rings (SSSR count). The highest BCUT2D eigenvalue weighted by molar-refractivity contribution is 5.77. The molecule has 0 radical (unpaired) electrons. The number of aromatic nitrogens is 1. The molecule has 0 unspecified atom stereocenters. The Labute approximate surface area is 108 Å². The van der Waals surface area contributed by atoms with E-state index in [2.05, 4.69) is 51.9 Å². The molecule has 0 bridgehead atoms. The molecule has 0 aliphatic carbocycles. The average Bonchev–Trinajstić information content (AvgIpc) is 2.62. The second-order valence-corrected chi connectivity index (χ2v) is 5.84. The van der Waals surface area contributed by atoms with Crippen molar-refractivity contribution in [2.24, 2.45) is 0 Å². The third kappa shape index (κ3) is 2.13. The van der Waals surface area contributed by atoms with Crippen molar-refractivity contribution >= 4 is 5.88 Å². The predicted molar refractivity (Wildman–Crippen MR) is 74.5 cm³/mol. The second kappa shape index (κ2) is 4.16. The van der Waals surface area contributed by atoms with Gasteiger partial charge in [0.2, 0.25) is 5.88 Å². The van der Waals surface area contributed by atoms with Crippen LogP contribution in [0.4, 0.5) is 5.88 Å². The lowest BCUT2D eigenvalue weighted by Crippen LogP contribution is -2.12. The predicted octanol–water partition coefficient (Wildman–Crippen LogP) is 3.84. The van der Waals surface area contributed by atoms with Gasteiger partial charge in [0.1, 0.15) is 0 Å². The molecule has 0 saturated heterocycles. The summed E-state index contributed by atoms with van der Waals surface area (Å²) in [5.41, 5.74) is 11.7. The summed E-state index contributed by atoms with van der Waals surface area (Å²) in [6.45, 7) is 10.9. The summed E-state index contributed by atoms with van der Waals surface area (Å²) in [7, 11) is 0. The zero-order valence-electron chi connectivity index (χ0n) is 11.7. The zero-order chi connectivity index (χ0) is 13.5. The molecule has 0 spiro atoms. The number of anilines is 1. The third-order valence-corrected chi connectivity index (χ3v) is 3.27. The molecule has 1 aromatic heterocycles. The van der Waals surface area contributed by atoms with E-state index in [-0.39, 0.29) is 5.41 Å². The van der Waals surface area contributed by atoms with Gasteiger partial charge in [-0.25, -0.2) is 0 Å². The first-order chi connectivity index (χ1) is 8.30. The van der Waals surface area contributed by atoms with Crippen LogP contribution in [0.3, 0.4) is 0 Å². The second-order valence-electron chi connectivity index (χ2n) is 5.84. The van der Waals surface area contributed by atoms with Crippen molar-refractivity contribution in [3.8, 4) is 11.1 Å². The average molecular weight is 244 g/mol. The van der Waals surface area contributed by atoms with Gasteiger partial charge in [-0.1, -0.05) is 38.1 Å². The fourth-order valence-electron chi connectivity index (χ4n) is 2.26. The van der Waals surface area contributed by atoms with Crippen molar-refractivity contribution in [2.75, 3.05) is 5.73 Å². The number of hydrogen-bond acceptors (Lipinski definition) is 3. The molecule has 3 nitrogen and oxygen atoms in total. The van der Waals surface area contributed by atoms with E-state index in [4.69, 9.17) is 10.3 Å². The summed E-state index contributed by atoms with van der Waals surface area (Å²) in [6.07, 6.45) is 1.68. The highest BCUT2D eigenvalue weighted by atomic mass is 16.5. The summed E-state index contributed by atoms with van der Waals surface area (Å²) in [5, 5.41) is 3.75. The molecule has 2 aromatic rings. The molecule has 0 aliphatic heterocycles. The van der Waals surface area contributed by atoms with Crippen LogP contribution in [0.15, 0.2) is 22.9 Å². The van der Waals surface area contributed by atoms with Crippen molar-refractivity contribution in [3.05, 3.63) is 35.0 Å². The summed E-state index contributed by atoms with van der Waals surface area (Å²) in [5.74, 6) is 0.379. The van der Waals surface area contributed by atoms with Gasteiger partial charge in [0.15, 0.2) is 0 Å². The van der Waals surface area contributed by atoms with E-state index >= 15 is 0 Å². The molecule has 1 heterocycles. The van der Waals surface area contributed by atoms with Gasteiger partial charge in [-0.05, 0) is 41.5 Å². The Balaban J connectivity index is 2.62. The molecule has 0 fully saturated rings. The lowest BCUT2D eigenvalue weighted by molar-refractivity contribution is 0.436. The quantitative estimate of drug-likeness (QED) is 0.829. The van der Waals surface area contributed by atoms with Crippen LogP contribution < -0.4 is 5.73 Å². The lowest BCUT2D eigenvalue weighted by atomic mass is 9.83. The molecular weight excluding hydrogens is 224 g/mol. The summed E-state index contributed by atoms with van der Waals surface area (Å²) >= 11 is 0. The van der Waals surface area contributed by atoms with Crippen molar-refractivity contribution in [3.63, 3.8) is 0 Å². The molecular formula is C15H20N2O. The van der Waals surface area contributed by atoms with Crippen molar-refractivity contribution in [1.82, 2.24) is 5.16 Å². The summed E-state index contributed by atoms with van der Waals surface area (Å²) in [6, 6.07) is 4.43. The zero-order valence-corrected chi connectivity index (χ0v) is 11.7. The molecule has 18 heavy (non-hydrogen) atoms. The van der Waals surface area contributed by atoms with Gasteiger partial charge in [0, 0.05) is 0 Å². The van der Waals surface area contributed by atoms with Gasteiger partial charge in [-0.3, -0.25) is 0 Å². The Bertz CT molecular complexity index is 553. The van der Waals surface area contributed by atoms with E-state index in [1.54, 1.807) is 6.20 Å². The first-order valence-corrected chi connectivity index (χ1v) is 6.13. The molecule has 96 valence electrons. The van der Waals surface area contributed by atoms with Gasteiger partial charge >= 0.3 is 0 Å². The van der Waals surface area contributed by atoms with Gasteiger partial charge < -0.3 is 10.3 Å². The number of nitrogen functional groups attached to an aromatic ring is 1. The molecule has 0 aliphatic rings. The Morgan fingerprint density at radius 3 is 2.06 bits per heavy atom. The Kier molecular flexibility index (Phi) is 2.93. The maximum Gasteiger partial charge on any atom is 0.229 e. The highest BCUT2D eigenvalue weighted by Gasteiger charge is 2.18. The summed E-state index contributed by atoms with van der Waals surface area (Å²) < 4.78 is 4.95. The van der Waals surface area contributed by atoms with Crippen molar-refractivity contribution in [1.29, 1.82) is 0 Å². The minimum absolute atomic E-state index is 0.147. The van der Waals surface area contributed by atoms with Crippen LogP contribution >= 0.6 is 0 Å². The minimum Gasteiger partial charge on any atom is -0.367 e. The number of nitrogens with zero attached hydrogens (tertiary/aromatic N) is 1. The fourth-order valence-corrected chi connectivity index (χ4v) is 2.26. The summed E-state index contributed by atoms with van der Waals surface area (Å²) in [4.78, 5) is 0. The van der Waals surface area contributed by atoms with Crippen LogP contribution in [0.1, 0.15) is 37.5 Å². The van der Waals surface area contributed by atoms with Crippen LogP contribution in [0.25, 0.3) is 11.1 Å². The van der Waals surface area contributed by atoms with Crippen molar-refractivity contribution < 1.29 is 4.52 Å². The normalized spacial score (nSPS) is 11.8. The largest absolute Gasteiger partial charge is 0.367 e.